The number of halogens is 1. The predicted octanol–water partition coefficient (Wildman–Crippen LogP) is -0.380. The van der Waals surface area contributed by atoms with Gasteiger partial charge in [-0.15, -0.1) is 0 Å². The first kappa shape index (κ1) is 22.7. The lowest BCUT2D eigenvalue weighted by Crippen LogP contribution is -3.00. The van der Waals surface area contributed by atoms with E-state index in [0.717, 1.165) is 44.9 Å². The van der Waals surface area contributed by atoms with Crippen molar-refractivity contribution in [3.8, 4) is 0 Å². The van der Waals surface area contributed by atoms with Gasteiger partial charge in [-0.2, -0.15) is 0 Å². The number of unbranched alkanes of at least 4 members (excludes halogenated alkanes) is 2. The van der Waals surface area contributed by atoms with Crippen LogP contribution in [0.1, 0.15) is 78.1 Å². The van der Waals surface area contributed by atoms with E-state index in [1.54, 1.807) is 0 Å². The molecule has 2 rings (SSSR count). The van der Waals surface area contributed by atoms with E-state index in [2.05, 4.69) is 12.7 Å². The van der Waals surface area contributed by atoms with Crippen molar-refractivity contribution < 1.29 is 37.1 Å². The molecule has 2 fully saturated rings. The summed E-state index contributed by atoms with van der Waals surface area (Å²) in [5, 5.41) is 0. The van der Waals surface area contributed by atoms with Crippen LogP contribution < -0.4 is 18.1 Å². The summed E-state index contributed by atoms with van der Waals surface area (Å²) in [7, 11) is 0. The van der Waals surface area contributed by atoms with E-state index in [9.17, 15) is 4.79 Å². The van der Waals surface area contributed by atoms with Crippen LogP contribution in [0.5, 0.6) is 0 Å². The van der Waals surface area contributed by atoms with Crippen molar-refractivity contribution in [2.45, 2.75) is 109 Å². The molecule has 1 aliphatic carbocycles. The van der Waals surface area contributed by atoms with Gasteiger partial charge in [0.15, 0.2) is 6.04 Å². The van der Waals surface area contributed by atoms with E-state index < -0.39 is 0 Å². The average Bonchev–Trinajstić information content (AvgIpc) is 3.07. The highest BCUT2D eigenvalue weighted by atomic mass is 35.5. The maximum Gasteiger partial charge on any atom is 0.365 e. The molecule has 0 spiro atoms. The van der Waals surface area contributed by atoms with Gasteiger partial charge in [-0.25, -0.2) is 4.79 Å². The van der Waals surface area contributed by atoms with Gasteiger partial charge in [0.05, 0.1) is 12.2 Å². The lowest BCUT2D eigenvalue weighted by molar-refractivity contribution is -0.410. The summed E-state index contributed by atoms with van der Waals surface area (Å²) in [6, 6.07) is -0.279. The Labute approximate surface area is 158 Å². The van der Waals surface area contributed by atoms with Crippen LogP contribution >= 0.6 is 0 Å². The summed E-state index contributed by atoms with van der Waals surface area (Å²) in [4.78, 5) is 12.1. The van der Waals surface area contributed by atoms with Crippen LogP contribution in [0.2, 0.25) is 0 Å². The molecule has 6 heteroatoms. The van der Waals surface area contributed by atoms with Gasteiger partial charge >= 0.3 is 5.97 Å². The number of esters is 1. The highest BCUT2D eigenvalue weighted by Crippen LogP contribution is 2.28. The molecule has 0 amide bonds. The van der Waals surface area contributed by atoms with Gasteiger partial charge in [0.2, 0.25) is 0 Å². The summed E-state index contributed by atoms with van der Waals surface area (Å²) in [6.45, 7) is 4.83. The summed E-state index contributed by atoms with van der Waals surface area (Å²) in [5.41, 5.74) is 3.94. The third-order valence-electron chi connectivity index (χ3n) is 5.23. The van der Waals surface area contributed by atoms with Crippen molar-refractivity contribution in [1.29, 1.82) is 0 Å². The van der Waals surface area contributed by atoms with Crippen molar-refractivity contribution in [3.05, 3.63) is 0 Å². The minimum Gasteiger partial charge on any atom is -1.00 e. The molecule has 1 heterocycles. The smallest absolute Gasteiger partial charge is 0.365 e. The van der Waals surface area contributed by atoms with Gasteiger partial charge in [0, 0.05) is 13.0 Å². The zero-order valence-electron chi connectivity index (χ0n) is 15.9. The molecule has 5 nitrogen and oxygen atoms in total. The molecule has 0 radical (unpaired) electrons. The maximum atomic E-state index is 12.1. The Bertz CT molecular complexity index is 376. The topological polar surface area (TPSA) is 72.4 Å². The first-order valence-corrected chi connectivity index (χ1v) is 9.92. The van der Waals surface area contributed by atoms with Crippen molar-refractivity contribution in [2.24, 2.45) is 0 Å². The summed E-state index contributed by atoms with van der Waals surface area (Å²) in [5.74, 6) is -0.203. The molecule has 4 atom stereocenters. The van der Waals surface area contributed by atoms with Crippen LogP contribution in [0.25, 0.3) is 0 Å². The minimum absolute atomic E-state index is 0. The van der Waals surface area contributed by atoms with E-state index in [1.807, 2.05) is 6.92 Å². The number of hydrogen-bond acceptors (Lipinski definition) is 4. The van der Waals surface area contributed by atoms with Crippen molar-refractivity contribution in [3.63, 3.8) is 0 Å². The fraction of sp³-hybridized carbons (Fsp3) is 0.947. The fourth-order valence-electron chi connectivity index (χ4n) is 3.73. The third kappa shape index (κ3) is 7.41. The summed E-state index contributed by atoms with van der Waals surface area (Å²) in [6.07, 6.45) is 10.7. The molecule has 2 aliphatic rings. The molecule has 1 saturated carbocycles. The number of ether oxygens (including phenoxy) is 3. The van der Waals surface area contributed by atoms with Crippen molar-refractivity contribution in [2.75, 3.05) is 6.61 Å². The quantitative estimate of drug-likeness (QED) is 0.485. The molecule has 148 valence electrons. The molecule has 0 aromatic carbocycles. The normalized spacial score (nSPS) is 31.6. The average molecular weight is 378 g/mol. The highest BCUT2D eigenvalue weighted by molar-refractivity contribution is 5.74. The molecule has 0 unspecified atom stereocenters. The Morgan fingerprint density at radius 3 is 2.52 bits per heavy atom. The fourth-order valence-corrected chi connectivity index (χ4v) is 3.73. The second kappa shape index (κ2) is 12.1. The Morgan fingerprint density at radius 1 is 1.12 bits per heavy atom. The van der Waals surface area contributed by atoms with E-state index in [4.69, 9.17) is 14.2 Å². The minimum atomic E-state index is -0.284. The maximum absolute atomic E-state index is 12.1. The van der Waals surface area contributed by atoms with Gasteiger partial charge in [0.25, 0.3) is 0 Å². The van der Waals surface area contributed by atoms with Crippen LogP contribution in [0.4, 0.5) is 0 Å². The number of quaternary nitrogens is 1. The molecule has 1 saturated heterocycles. The summed E-state index contributed by atoms with van der Waals surface area (Å²) < 4.78 is 18.2. The van der Waals surface area contributed by atoms with Gasteiger partial charge in [-0.1, -0.05) is 32.6 Å². The molecule has 3 N–H and O–H groups in total. The molecule has 0 aromatic heterocycles. The standard InChI is InChI=1S/C19H35NO4.ClH/c1-3-4-7-13-22-18-14(2)23-19(21)16(20)11-8-12-17(18)24-15-9-5-6-10-15;/h14-18H,3-13,20H2,1-2H3;1H/t14-,16-,17-,18-;/m0./s1. The second-order valence-electron chi connectivity index (χ2n) is 7.39. The number of carbonyl (C=O) groups is 1. The monoisotopic (exact) mass is 377 g/mol. The van der Waals surface area contributed by atoms with Crippen LogP contribution in [-0.2, 0) is 19.0 Å². The predicted molar refractivity (Wildman–Crippen MR) is 92.5 cm³/mol. The van der Waals surface area contributed by atoms with Crippen LogP contribution in [-0.4, -0.2) is 43.0 Å². The molecule has 1 aliphatic heterocycles. The lowest BCUT2D eigenvalue weighted by atomic mass is 10.0. The van der Waals surface area contributed by atoms with Gasteiger partial charge < -0.3 is 32.4 Å². The van der Waals surface area contributed by atoms with Crippen LogP contribution in [0, 0.1) is 0 Å². The Hall–Kier alpha value is -0.360. The van der Waals surface area contributed by atoms with Gasteiger partial charge in [-0.05, 0) is 39.0 Å². The van der Waals surface area contributed by atoms with E-state index >= 15 is 0 Å². The second-order valence-corrected chi connectivity index (χ2v) is 7.39. The van der Waals surface area contributed by atoms with Crippen molar-refractivity contribution in [1.82, 2.24) is 0 Å². The van der Waals surface area contributed by atoms with E-state index in [1.165, 1.54) is 19.3 Å². The Balaban J connectivity index is 0.00000312. The third-order valence-corrected chi connectivity index (χ3v) is 5.23. The number of rotatable bonds is 7. The highest BCUT2D eigenvalue weighted by Gasteiger charge is 2.36. The van der Waals surface area contributed by atoms with E-state index in [-0.39, 0.29) is 42.7 Å². The molecular weight excluding hydrogens is 342 g/mol. The van der Waals surface area contributed by atoms with Crippen LogP contribution in [0.3, 0.4) is 0 Å². The first-order valence-electron chi connectivity index (χ1n) is 9.92. The van der Waals surface area contributed by atoms with E-state index in [0.29, 0.717) is 12.7 Å². The summed E-state index contributed by atoms with van der Waals surface area (Å²) >= 11 is 0. The van der Waals surface area contributed by atoms with Crippen LogP contribution in [0.15, 0.2) is 0 Å². The zero-order chi connectivity index (χ0) is 17.4. The van der Waals surface area contributed by atoms with Gasteiger partial charge in [-0.3, -0.25) is 0 Å². The van der Waals surface area contributed by atoms with Crippen molar-refractivity contribution >= 4 is 5.97 Å². The number of hydrogen-bond donors (Lipinski definition) is 1. The lowest BCUT2D eigenvalue weighted by Gasteiger charge is -2.32. The largest absolute Gasteiger partial charge is 1.00 e. The SMILES string of the molecule is CCCCCO[C@H]1[C@H](C)OC(=O)[C@@H]([NH3+])CCC[C@@H]1OC1CCCC1.[Cl-]. The zero-order valence-corrected chi connectivity index (χ0v) is 16.6. The first-order chi connectivity index (χ1) is 11.6. The molecule has 25 heavy (non-hydrogen) atoms. The molecule has 0 bridgehead atoms. The Kier molecular flexibility index (Phi) is 11.0. The molecular formula is C19H36ClNO4. The Morgan fingerprint density at radius 2 is 1.84 bits per heavy atom. The molecule has 0 aromatic rings. The number of cyclic esters (lactones) is 1. The number of carbonyl (C=O) groups excluding carboxylic acids is 1. The van der Waals surface area contributed by atoms with Gasteiger partial charge in [0.1, 0.15) is 12.2 Å².